The van der Waals surface area contributed by atoms with Crippen LogP contribution in [-0.4, -0.2) is 12.4 Å². The Morgan fingerprint density at radius 1 is 1.77 bits per heavy atom. The molecule has 1 rings (SSSR count). The van der Waals surface area contributed by atoms with Crippen molar-refractivity contribution in [1.82, 2.24) is 5.43 Å². The van der Waals surface area contributed by atoms with Crippen molar-refractivity contribution in [1.29, 1.82) is 0 Å². The first-order valence-corrected chi connectivity index (χ1v) is 4.41. The number of aliphatic imine (C=N–C) groups is 1. The molecule has 1 aromatic heterocycles. The molecule has 1 aromatic rings. The van der Waals surface area contributed by atoms with E-state index >= 15 is 0 Å². The molecule has 0 saturated carbocycles. The zero-order valence-corrected chi connectivity index (χ0v) is 8.14. The maximum atomic E-state index is 5.75. The average Bonchev–Trinajstić information content (AvgIpc) is 2.54. The molecule has 72 valence electrons. The van der Waals surface area contributed by atoms with Crippen LogP contribution in [0.4, 0.5) is 0 Å². The zero-order chi connectivity index (χ0) is 9.68. The van der Waals surface area contributed by atoms with Crippen molar-refractivity contribution < 1.29 is 4.42 Å². The zero-order valence-electron chi connectivity index (χ0n) is 7.38. The highest BCUT2D eigenvalue weighted by molar-refractivity contribution is 6.32. The van der Waals surface area contributed by atoms with E-state index in [0.29, 0.717) is 23.2 Å². The summed E-state index contributed by atoms with van der Waals surface area (Å²) in [5.41, 5.74) is 3.18. The molecule has 1 heterocycles. The van der Waals surface area contributed by atoms with Crippen molar-refractivity contribution in [3.8, 4) is 0 Å². The summed E-state index contributed by atoms with van der Waals surface area (Å²) in [5, 5.41) is 0.299. The van der Waals surface area contributed by atoms with Crippen LogP contribution in [0.25, 0.3) is 0 Å². The minimum absolute atomic E-state index is 0.299. The third-order valence-corrected chi connectivity index (χ3v) is 1.80. The van der Waals surface area contributed by atoms with Crippen molar-refractivity contribution in [2.75, 3.05) is 6.54 Å². The second kappa shape index (κ2) is 4.89. The van der Waals surface area contributed by atoms with Crippen molar-refractivity contribution in [3.63, 3.8) is 0 Å². The van der Waals surface area contributed by atoms with E-state index < -0.39 is 0 Å². The van der Waals surface area contributed by atoms with Crippen molar-refractivity contribution in [2.45, 2.75) is 13.3 Å². The minimum Gasteiger partial charge on any atom is -0.452 e. The molecule has 0 aromatic carbocycles. The fourth-order valence-electron chi connectivity index (χ4n) is 0.895. The van der Waals surface area contributed by atoms with Gasteiger partial charge >= 0.3 is 0 Å². The molecule has 0 aliphatic carbocycles. The number of halogens is 1. The summed E-state index contributed by atoms with van der Waals surface area (Å²) in [7, 11) is 0. The van der Waals surface area contributed by atoms with Crippen LogP contribution in [0.1, 0.15) is 18.9 Å². The lowest BCUT2D eigenvalue weighted by atomic mass is 10.3. The van der Waals surface area contributed by atoms with Crippen LogP contribution < -0.4 is 11.3 Å². The largest absolute Gasteiger partial charge is 0.452 e. The summed E-state index contributed by atoms with van der Waals surface area (Å²) < 4.78 is 4.92. The second-order valence-electron chi connectivity index (χ2n) is 2.48. The Morgan fingerprint density at radius 2 is 2.54 bits per heavy atom. The Hall–Kier alpha value is -1.00. The predicted molar refractivity (Wildman–Crippen MR) is 52.7 cm³/mol. The van der Waals surface area contributed by atoms with Gasteiger partial charge < -0.3 is 9.84 Å². The summed E-state index contributed by atoms with van der Waals surface area (Å²) in [6.45, 7) is 2.75. The SMILES string of the molecule is CCCN=C(NN)c1ccoc1Cl. The summed E-state index contributed by atoms with van der Waals surface area (Å²) in [4.78, 5) is 4.20. The van der Waals surface area contributed by atoms with Crippen LogP contribution >= 0.6 is 11.6 Å². The summed E-state index contributed by atoms with van der Waals surface area (Å²) in [6.07, 6.45) is 2.46. The number of hydrogen-bond acceptors (Lipinski definition) is 3. The molecular weight excluding hydrogens is 190 g/mol. The standard InChI is InChI=1S/C8H12ClN3O/c1-2-4-11-8(12-10)6-3-5-13-7(6)9/h3,5H,2,4,10H2,1H3,(H,11,12). The third kappa shape index (κ3) is 2.47. The molecule has 0 fully saturated rings. The lowest BCUT2D eigenvalue weighted by molar-refractivity contribution is 0.568. The highest BCUT2D eigenvalue weighted by Gasteiger charge is 2.08. The number of hydrogen-bond donors (Lipinski definition) is 2. The molecule has 0 atom stereocenters. The Labute approximate surface area is 81.7 Å². The van der Waals surface area contributed by atoms with Gasteiger partial charge in [0.2, 0.25) is 5.22 Å². The molecule has 3 N–H and O–H groups in total. The molecule has 0 radical (unpaired) electrons. The van der Waals surface area contributed by atoms with Gasteiger partial charge in [0.05, 0.1) is 11.8 Å². The van der Waals surface area contributed by atoms with Crippen molar-refractivity contribution in [3.05, 3.63) is 23.1 Å². The van der Waals surface area contributed by atoms with Gasteiger partial charge in [0.1, 0.15) is 5.84 Å². The van der Waals surface area contributed by atoms with Gasteiger partial charge in [0.15, 0.2) is 0 Å². The van der Waals surface area contributed by atoms with Crippen LogP contribution in [-0.2, 0) is 0 Å². The van der Waals surface area contributed by atoms with E-state index in [1.807, 2.05) is 6.92 Å². The second-order valence-corrected chi connectivity index (χ2v) is 2.83. The van der Waals surface area contributed by atoms with E-state index in [-0.39, 0.29) is 0 Å². The highest BCUT2D eigenvalue weighted by atomic mass is 35.5. The first-order valence-electron chi connectivity index (χ1n) is 4.04. The van der Waals surface area contributed by atoms with Crippen molar-refractivity contribution >= 4 is 17.4 Å². The number of hydrazine groups is 1. The highest BCUT2D eigenvalue weighted by Crippen LogP contribution is 2.16. The van der Waals surface area contributed by atoms with E-state index in [9.17, 15) is 0 Å². The summed E-state index contributed by atoms with van der Waals surface area (Å²) >= 11 is 5.75. The molecule has 0 aliphatic heterocycles. The van der Waals surface area contributed by atoms with E-state index in [4.69, 9.17) is 21.9 Å². The number of rotatable bonds is 3. The predicted octanol–water partition coefficient (Wildman–Crippen LogP) is 1.55. The Bertz CT molecular complexity index is 295. The molecule has 4 nitrogen and oxygen atoms in total. The molecule has 0 unspecified atom stereocenters. The quantitative estimate of drug-likeness (QED) is 0.338. The van der Waals surface area contributed by atoms with E-state index in [2.05, 4.69) is 10.4 Å². The summed E-state index contributed by atoms with van der Waals surface area (Å²) in [6, 6.07) is 1.72. The molecule has 0 aliphatic rings. The van der Waals surface area contributed by atoms with Crippen molar-refractivity contribution in [2.24, 2.45) is 10.8 Å². The van der Waals surface area contributed by atoms with Gasteiger partial charge in [-0.25, -0.2) is 5.84 Å². The molecule has 0 amide bonds. The van der Waals surface area contributed by atoms with Gasteiger partial charge in [-0.05, 0) is 24.1 Å². The normalized spacial score (nSPS) is 11.8. The average molecular weight is 202 g/mol. The first kappa shape index (κ1) is 10.1. The van der Waals surface area contributed by atoms with Crippen LogP contribution in [0, 0.1) is 0 Å². The van der Waals surface area contributed by atoms with Crippen LogP contribution in [0.3, 0.4) is 0 Å². The fourth-order valence-corrected chi connectivity index (χ4v) is 1.10. The molecular formula is C8H12ClN3O. The fraction of sp³-hybridized carbons (Fsp3) is 0.375. The van der Waals surface area contributed by atoms with Gasteiger partial charge in [0.25, 0.3) is 0 Å². The first-order chi connectivity index (χ1) is 6.29. The molecule has 0 saturated heterocycles. The molecule has 5 heteroatoms. The third-order valence-electron chi connectivity index (χ3n) is 1.50. The number of amidine groups is 1. The maximum Gasteiger partial charge on any atom is 0.203 e. The van der Waals surface area contributed by atoms with E-state index in [1.165, 1.54) is 6.26 Å². The maximum absolute atomic E-state index is 5.75. The minimum atomic E-state index is 0.299. The van der Waals surface area contributed by atoms with Gasteiger partial charge in [-0.3, -0.25) is 4.99 Å². The Morgan fingerprint density at radius 3 is 3.00 bits per heavy atom. The number of furan rings is 1. The monoisotopic (exact) mass is 201 g/mol. The van der Waals surface area contributed by atoms with Gasteiger partial charge in [-0.1, -0.05) is 6.92 Å². The van der Waals surface area contributed by atoms with E-state index in [1.54, 1.807) is 6.07 Å². The lowest BCUT2D eigenvalue weighted by Crippen LogP contribution is -2.31. The smallest absolute Gasteiger partial charge is 0.203 e. The van der Waals surface area contributed by atoms with Gasteiger partial charge in [0, 0.05) is 6.54 Å². The molecule has 0 spiro atoms. The molecule has 0 bridgehead atoms. The Balaban J connectivity index is 2.84. The number of nitrogens with one attached hydrogen (secondary N) is 1. The lowest BCUT2D eigenvalue weighted by Gasteiger charge is -2.02. The molecule has 13 heavy (non-hydrogen) atoms. The van der Waals surface area contributed by atoms with Crippen LogP contribution in [0.15, 0.2) is 21.7 Å². The number of nitrogens with two attached hydrogens (primary N) is 1. The van der Waals surface area contributed by atoms with Gasteiger partial charge in [-0.2, -0.15) is 0 Å². The van der Waals surface area contributed by atoms with Crippen LogP contribution in [0.2, 0.25) is 5.22 Å². The van der Waals surface area contributed by atoms with E-state index in [0.717, 1.165) is 6.42 Å². The number of nitrogens with zero attached hydrogens (tertiary/aromatic N) is 1. The van der Waals surface area contributed by atoms with Gasteiger partial charge in [-0.15, -0.1) is 0 Å². The Kier molecular flexibility index (Phi) is 3.79. The topological polar surface area (TPSA) is 63.5 Å². The van der Waals surface area contributed by atoms with Crippen LogP contribution in [0.5, 0.6) is 0 Å². The summed E-state index contributed by atoms with van der Waals surface area (Å²) in [5.74, 6) is 5.85.